The average molecular weight is 376 g/mol. The number of ether oxygens (including phenoxy) is 1. The van der Waals surface area contributed by atoms with Gasteiger partial charge in [-0.15, -0.1) is 9.78 Å². The Kier molecular flexibility index (Phi) is 7.29. The van der Waals surface area contributed by atoms with Gasteiger partial charge in [0.1, 0.15) is 6.61 Å². The predicted octanol–water partition coefficient (Wildman–Crippen LogP) is 1.27. The topological polar surface area (TPSA) is 111 Å². The number of rotatable bonds is 6. The summed E-state index contributed by atoms with van der Waals surface area (Å²) >= 11 is 0.647. The number of hydrogen-bond acceptors (Lipinski definition) is 7. The van der Waals surface area contributed by atoms with Crippen molar-refractivity contribution in [2.75, 3.05) is 26.5 Å². The van der Waals surface area contributed by atoms with Crippen molar-refractivity contribution in [2.24, 2.45) is 4.99 Å². The molecule has 24 heavy (non-hydrogen) atoms. The number of sulfone groups is 1. The Morgan fingerprint density at radius 3 is 2.67 bits per heavy atom. The van der Waals surface area contributed by atoms with Crippen molar-refractivity contribution in [3.8, 4) is 0 Å². The Morgan fingerprint density at radius 1 is 1.46 bits per heavy atom. The minimum absolute atomic E-state index is 0.0810. The van der Waals surface area contributed by atoms with Gasteiger partial charge in [-0.2, -0.15) is 4.99 Å². The van der Waals surface area contributed by atoms with Crippen LogP contribution < -0.4 is 4.80 Å². The van der Waals surface area contributed by atoms with E-state index < -0.39 is 22.0 Å². The van der Waals surface area contributed by atoms with Gasteiger partial charge in [0, 0.05) is 14.1 Å². The highest BCUT2D eigenvalue weighted by molar-refractivity contribution is 7.93. The van der Waals surface area contributed by atoms with Gasteiger partial charge in [-0.25, -0.2) is 18.0 Å². The summed E-state index contributed by atoms with van der Waals surface area (Å²) in [6.07, 6.45) is 1.58. The number of nitrogens with zero attached hydrogens (tertiary/aromatic N) is 4. The van der Waals surface area contributed by atoms with Gasteiger partial charge < -0.3 is 9.64 Å². The maximum atomic E-state index is 12.2. The van der Waals surface area contributed by atoms with Crippen molar-refractivity contribution in [3.63, 3.8) is 0 Å². The van der Waals surface area contributed by atoms with Crippen LogP contribution in [-0.4, -0.2) is 61.7 Å². The summed E-state index contributed by atoms with van der Waals surface area (Å²) in [5, 5.41) is 3.77. The normalized spacial score (nSPS) is 12.0. The molecule has 0 saturated heterocycles. The number of aromatic nitrogens is 2. The van der Waals surface area contributed by atoms with Crippen LogP contribution >= 0.6 is 11.3 Å². The van der Waals surface area contributed by atoms with Crippen molar-refractivity contribution in [2.45, 2.75) is 24.1 Å². The van der Waals surface area contributed by atoms with E-state index in [1.807, 2.05) is 6.92 Å². The Balaban J connectivity index is 3.37. The first kappa shape index (κ1) is 20.0. The van der Waals surface area contributed by atoms with E-state index in [4.69, 9.17) is 4.74 Å². The van der Waals surface area contributed by atoms with Crippen LogP contribution in [0.3, 0.4) is 0 Å². The second-order valence-electron chi connectivity index (χ2n) is 4.89. The Bertz CT molecular complexity index is 777. The van der Waals surface area contributed by atoms with Crippen LogP contribution in [0.15, 0.2) is 22.0 Å². The lowest BCUT2D eigenvalue weighted by Gasteiger charge is -2.04. The minimum atomic E-state index is -3.66. The van der Waals surface area contributed by atoms with Gasteiger partial charge in [0.05, 0.1) is 5.75 Å². The SMILES string of the molecule is C=CCOC(=O)n1nc(S(=O)(=O)CCCC)sc1=NC(=O)N(C)C. The highest BCUT2D eigenvalue weighted by Gasteiger charge is 2.23. The van der Waals surface area contributed by atoms with Crippen molar-refractivity contribution in [3.05, 3.63) is 17.5 Å². The molecule has 0 N–H and O–H groups in total. The molecular weight excluding hydrogens is 356 g/mol. The maximum absolute atomic E-state index is 12.2. The van der Waals surface area contributed by atoms with Crippen molar-refractivity contribution >= 4 is 33.3 Å². The van der Waals surface area contributed by atoms with Crippen LogP contribution in [0.4, 0.5) is 9.59 Å². The van der Waals surface area contributed by atoms with E-state index in [0.29, 0.717) is 28.9 Å². The van der Waals surface area contributed by atoms with Crippen LogP contribution in [0.2, 0.25) is 0 Å². The summed E-state index contributed by atoms with van der Waals surface area (Å²) < 4.78 is 29.7. The molecule has 0 radical (unpaired) electrons. The van der Waals surface area contributed by atoms with E-state index in [-0.39, 0.29) is 21.5 Å². The molecule has 0 unspecified atom stereocenters. The van der Waals surface area contributed by atoms with E-state index in [2.05, 4.69) is 16.7 Å². The van der Waals surface area contributed by atoms with E-state index in [0.717, 1.165) is 0 Å². The van der Waals surface area contributed by atoms with Gasteiger partial charge in [-0.1, -0.05) is 37.3 Å². The van der Waals surface area contributed by atoms with Crippen molar-refractivity contribution < 1.29 is 22.7 Å². The van der Waals surface area contributed by atoms with E-state index in [1.54, 1.807) is 0 Å². The third-order valence-electron chi connectivity index (χ3n) is 2.65. The van der Waals surface area contributed by atoms with Gasteiger partial charge in [0.25, 0.3) is 0 Å². The zero-order valence-electron chi connectivity index (χ0n) is 13.8. The molecule has 0 atom stereocenters. The number of urea groups is 1. The molecule has 0 aliphatic heterocycles. The lowest BCUT2D eigenvalue weighted by atomic mass is 10.4. The second kappa shape index (κ2) is 8.73. The zero-order chi connectivity index (χ0) is 18.3. The van der Waals surface area contributed by atoms with Crippen LogP contribution in [-0.2, 0) is 14.6 Å². The molecule has 0 saturated carbocycles. The van der Waals surface area contributed by atoms with Crippen LogP contribution in [0, 0.1) is 0 Å². The monoisotopic (exact) mass is 376 g/mol. The standard InChI is InChI=1S/C13H20N4O5S2/c1-5-7-9-24(20,21)12-15-17(13(19)22-8-6-2)11(23-12)14-10(18)16(3)4/h6H,2,5,7-9H2,1,3-4H3. The first-order valence-corrected chi connectivity index (χ1v) is 9.56. The molecule has 0 bridgehead atoms. The van der Waals surface area contributed by atoms with Gasteiger partial charge in [0.15, 0.2) is 0 Å². The largest absolute Gasteiger partial charge is 0.444 e. The fraction of sp³-hybridized carbons (Fsp3) is 0.538. The highest BCUT2D eigenvalue weighted by atomic mass is 32.2. The molecule has 0 fully saturated rings. The van der Waals surface area contributed by atoms with Crippen molar-refractivity contribution in [1.82, 2.24) is 14.7 Å². The highest BCUT2D eigenvalue weighted by Crippen LogP contribution is 2.13. The number of unbranched alkanes of at least 4 members (excludes halogenated alkanes) is 1. The average Bonchev–Trinajstić information content (AvgIpc) is 2.95. The molecule has 9 nitrogen and oxygen atoms in total. The van der Waals surface area contributed by atoms with Crippen LogP contribution in [0.5, 0.6) is 0 Å². The van der Waals surface area contributed by atoms with Gasteiger partial charge in [-0.05, 0) is 6.42 Å². The van der Waals surface area contributed by atoms with Crippen LogP contribution in [0.25, 0.3) is 0 Å². The number of amides is 2. The molecule has 1 heterocycles. The Hall–Kier alpha value is -2.01. The maximum Gasteiger partial charge on any atom is 0.437 e. The quantitative estimate of drug-likeness (QED) is 0.691. The number of hydrogen-bond donors (Lipinski definition) is 0. The molecule has 1 aromatic heterocycles. The molecule has 1 rings (SSSR count). The molecule has 2 amide bonds. The smallest absolute Gasteiger partial charge is 0.437 e. The molecule has 0 aromatic carbocycles. The zero-order valence-corrected chi connectivity index (χ0v) is 15.4. The first-order chi connectivity index (χ1) is 11.2. The first-order valence-electron chi connectivity index (χ1n) is 7.10. The molecule has 0 aliphatic rings. The third-order valence-corrected chi connectivity index (χ3v) is 5.80. The summed E-state index contributed by atoms with van der Waals surface area (Å²) in [6.45, 7) is 5.19. The molecule has 134 valence electrons. The number of carbonyl (C=O) groups excluding carboxylic acids is 2. The fourth-order valence-electron chi connectivity index (χ4n) is 1.38. The van der Waals surface area contributed by atoms with Gasteiger partial charge >= 0.3 is 12.1 Å². The molecular formula is C13H20N4O5S2. The van der Waals surface area contributed by atoms with Crippen LogP contribution in [0.1, 0.15) is 19.8 Å². The summed E-state index contributed by atoms with van der Waals surface area (Å²) in [5.41, 5.74) is 0. The number of carbonyl (C=O) groups is 2. The lowest BCUT2D eigenvalue weighted by molar-refractivity contribution is 0.155. The summed E-state index contributed by atoms with van der Waals surface area (Å²) in [4.78, 5) is 28.5. The fourth-order valence-corrected chi connectivity index (χ4v) is 4.01. The van der Waals surface area contributed by atoms with Gasteiger partial charge in [0.2, 0.25) is 19.0 Å². The molecule has 1 aromatic rings. The summed E-state index contributed by atoms with van der Waals surface area (Å²) in [6, 6.07) is -0.651. The molecule has 11 heteroatoms. The second-order valence-corrected chi connectivity index (χ2v) is 8.13. The summed E-state index contributed by atoms with van der Waals surface area (Å²) in [5.74, 6) is -0.0974. The summed E-state index contributed by atoms with van der Waals surface area (Å²) in [7, 11) is -0.704. The third kappa shape index (κ3) is 5.27. The van der Waals surface area contributed by atoms with E-state index >= 15 is 0 Å². The predicted molar refractivity (Wildman–Crippen MR) is 88.7 cm³/mol. The van der Waals surface area contributed by atoms with E-state index in [9.17, 15) is 18.0 Å². The van der Waals surface area contributed by atoms with Crippen molar-refractivity contribution in [1.29, 1.82) is 0 Å². The Morgan fingerprint density at radius 2 is 2.12 bits per heavy atom. The van der Waals surface area contributed by atoms with Gasteiger partial charge in [-0.3, -0.25) is 0 Å². The molecule has 0 spiro atoms. The Labute approximate surface area is 144 Å². The van der Waals surface area contributed by atoms with E-state index in [1.165, 1.54) is 25.1 Å². The minimum Gasteiger partial charge on any atom is -0.444 e. The molecule has 0 aliphatic carbocycles. The lowest BCUT2D eigenvalue weighted by Crippen LogP contribution is -2.29.